The Balaban J connectivity index is 0.000000567. The first-order valence-electron chi connectivity index (χ1n) is 14.5. The van der Waals surface area contributed by atoms with Gasteiger partial charge < -0.3 is 25.5 Å². The highest BCUT2D eigenvalue weighted by molar-refractivity contribution is 7.87. The summed E-state index contributed by atoms with van der Waals surface area (Å²) in [6.07, 6.45) is 0. The van der Waals surface area contributed by atoms with Crippen molar-refractivity contribution >= 4 is 119 Å². The van der Waals surface area contributed by atoms with Crippen LogP contribution in [-0.4, -0.2) is 90.4 Å². The van der Waals surface area contributed by atoms with Crippen LogP contribution < -0.4 is 0 Å². The molecular weight excluding hydrogens is 979 g/mol. The van der Waals surface area contributed by atoms with Gasteiger partial charge >= 0.3 is 0 Å². The van der Waals surface area contributed by atoms with Crippen molar-refractivity contribution in [3.63, 3.8) is 0 Å². The van der Waals surface area contributed by atoms with Crippen LogP contribution in [0.15, 0.2) is 99.5 Å². The summed E-state index contributed by atoms with van der Waals surface area (Å²) in [7, 11) is -25.4. The number of halogens is 3. The number of hydrogen-bond donors (Lipinski definition) is 10. The van der Waals surface area contributed by atoms with Crippen LogP contribution in [0.5, 0.6) is 28.7 Å². The van der Waals surface area contributed by atoms with E-state index in [1.54, 1.807) is 0 Å². The molecule has 5 rings (SSSR count). The van der Waals surface area contributed by atoms with Crippen molar-refractivity contribution in [2.45, 2.75) is 24.5 Å². The van der Waals surface area contributed by atoms with Crippen LogP contribution in [0.2, 0.25) is 15.1 Å². The van der Waals surface area contributed by atoms with Crippen molar-refractivity contribution in [2.24, 2.45) is 20.5 Å². The van der Waals surface area contributed by atoms with Crippen molar-refractivity contribution < 1.29 is 90.4 Å². The highest BCUT2D eigenvalue weighted by Gasteiger charge is 2.30. The Bertz CT molecular complexity index is 3100. The van der Waals surface area contributed by atoms with Crippen molar-refractivity contribution in [3.8, 4) is 28.7 Å². The van der Waals surface area contributed by atoms with Gasteiger partial charge in [0, 0.05) is 10.0 Å². The zero-order chi connectivity index (χ0) is 45.7. The maximum atomic E-state index is 12.2. The van der Waals surface area contributed by atoms with Crippen molar-refractivity contribution in [1.29, 1.82) is 0 Å². The zero-order valence-electron chi connectivity index (χ0n) is 28.2. The summed E-state index contributed by atoms with van der Waals surface area (Å²) in [5.41, 5.74) is -4.16. The van der Waals surface area contributed by atoms with E-state index in [1.165, 1.54) is 12.1 Å². The maximum absolute atomic E-state index is 12.2. The quantitative estimate of drug-likeness (QED) is 0.0590. The largest absolute Gasteiger partial charge is 0.506 e. The first kappa shape index (κ1) is 47.7. The second-order valence-electron chi connectivity index (χ2n) is 11.1. The molecule has 32 heteroatoms. The molecule has 24 nitrogen and oxygen atoms in total. The lowest BCUT2D eigenvalue weighted by Gasteiger charge is -2.13. The van der Waals surface area contributed by atoms with Gasteiger partial charge in [-0.2, -0.15) is 42.1 Å². The fourth-order valence-electron chi connectivity index (χ4n) is 4.62. The first-order chi connectivity index (χ1) is 27.2. The highest BCUT2D eigenvalue weighted by atomic mass is 35.5. The number of phenolic OH excluding ortho intramolecular Hbond substituents is 5. The standard InChI is InChI=1S/C22H14Cl2N4O16S4.C6H5ClO4S/c23-8-3-10(19(29)14(5-8)47(39,40)41)25-27-17-12(45(33,34)35)1-7-2-13(46(36,37)38)18(22(32)16(7)21(17)31)28-26-11-4-9(24)6-15(20(11)30)48(42,43)44;7-6-4(8)2-1-3-5(6)12(9,10)11/h1-6,29-32H,(H,33,34,35)(H,36,37,38)(H,39,40,41)(H,42,43,44);1-3,8H,(H,9,10,11). The first-order valence-corrected chi connectivity index (χ1v) is 22.9. The summed E-state index contributed by atoms with van der Waals surface area (Å²) in [5.74, 6) is -5.72. The van der Waals surface area contributed by atoms with Crippen LogP contribution in [0.25, 0.3) is 10.8 Å². The molecule has 5 aromatic carbocycles. The third-order valence-electron chi connectivity index (χ3n) is 7.14. The molecule has 0 aliphatic carbocycles. The Labute approximate surface area is 350 Å². The SMILES string of the molecule is O=S(=O)(O)c1cc(Cl)cc(N=Nc2c(S(=O)(=O)O)cc3cc(S(=O)(=O)O)c(N=Nc4cc(Cl)cc(S(=O)(=O)O)c4O)c(O)c3c2O)c1O.O=S(=O)(O)c1cccc(O)c1Cl. The second kappa shape index (κ2) is 16.8. The number of benzene rings is 5. The molecule has 0 spiro atoms. The van der Waals surface area contributed by atoms with Gasteiger partial charge in [0.1, 0.15) is 58.0 Å². The molecule has 0 heterocycles. The van der Waals surface area contributed by atoms with Crippen LogP contribution in [0.3, 0.4) is 0 Å². The number of phenols is 5. The molecule has 0 saturated carbocycles. The summed E-state index contributed by atoms with van der Waals surface area (Å²) in [6, 6.07) is 7.19. The molecule has 0 fully saturated rings. The smallest absolute Gasteiger partial charge is 0.298 e. The van der Waals surface area contributed by atoms with Crippen LogP contribution in [0, 0.1) is 0 Å². The van der Waals surface area contributed by atoms with Crippen molar-refractivity contribution in [2.75, 3.05) is 0 Å². The molecule has 0 bridgehead atoms. The van der Waals surface area contributed by atoms with Crippen LogP contribution in [0.1, 0.15) is 0 Å². The Morgan fingerprint density at radius 1 is 0.417 bits per heavy atom. The number of fused-ring (bicyclic) bond motifs is 1. The molecule has 0 unspecified atom stereocenters. The summed E-state index contributed by atoms with van der Waals surface area (Å²) in [4.78, 5) is -5.49. The molecule has 0 radical (unpaired) electrons. The lowest BCUT2D eigenvalue weighted by atomic mass is 10.1. The van der Waals surface area contributed by atoms with E-state index in [9.17, 15) is 80.7 Å². The van der Waals surface area contributed by atoms with Crippen LogP contribution >= 0.6 is 34.8 Å². The molecule has 60 heavy (non-hydrogen) atoms. The molecule has 10 N–H and O–H groups in total. The fraction of sp³-hybridized carbons (Fsp3) is 0. The van der Waals surface area contributed by atoms with Crippen LogP contribution in [-0.2, 0) is 50.6 Å². The Morgan fingerprint density at radius 2 is 0.767 bits per heavy atom. The predicted molar refractivity (Wildman–Crippen MR) is 204 cm³/mol. The van der Waals surface area contributed by atoms with E-state index in [4.69, 9.17) is 44.5 Å². The summed E-state index contributed by atoms with van der Waals surface area (Å²) < 4.78 is 163. The Hall–Kier alpha value is -5.02. The van der Waals surface area contributed by atoms with Crippen LogP contribution in [0.4, 0.5) is 22.7 Å². The third kappa shape index (κ3) is 10.5. The van der Waals surface area contributed by atoms with E-state index < -0.39 is 142 Å². The van der Waals surface area contributed by atoms with Crippen molar-refractivity contribution in [3.05, 3.63) is 69.7 Å². The van der Waals surface area contributed by atoms with Gasteiger partial charge in [-0.25, -0.2) is 0 Å². The number of azo groups is 2. The zero-order valence-corrected chi connectivity index (χ0v) is 34.6. The fourth-order valence-corrected chi connectivity index (χ4v) is 8.74. The topological polar surface area (TPSA) is 422 Å². The second-order valence-corrected chi connectivity index (χ2v) is 19.4. The van der Waals surface area contributed by atoms with Crippen molar-refractivity contribution in [1.82, 2.24) is 0 Å². The van der Waals surface area contributed by atoms with E-state index in [0.29, 0.717) is 24.3 Å². The van der Waals surface area contributed by atoms with E-state index in [0.717, 1.165) is 18.2 Å². The van der Waals surface area contributed by atoms with E-state index in [-0.39, 0.29) is 10.8 Å². The minimum atomic E-state index is -5.43. The molecule has 0 aliphatic rings. The summed E-state index contributed by atoms with van der Waals surface area (Å²) in [6.45, 7) is 0. The van der Waals surface area contributed by atoms with Gasteiger partial charge in [0.2, 0.25) is 0 Å². The van der Waals surface area contributed by atoms with Gasteiger partial charge in [-0.1, -0.05) is 40.9 Å². The molecular formula is C28H19Cl3N4O20S5. The molecule has 0 amide bonds. The van der Waals surface area contributed by atoms with E-state index in [2.05, 4.69) is 20.5 Å². The number of aromatic hydroxyl groups is 5. The minimum absolute atomic E-state index is 0.375. The highest BCUT2D eigenvalue weighted by Crippen LogP contribution is 2.51. The Morgan fingerprint density at radius 3 is 1.08 bits per heavy atom. The van der Waals surface area contributed by atoms with Gasteiger partial charge in [-0.15, -0.1) is 20.5 Å². The average Bonchev–Trinajstić information content (AvgIpc) is 3.08. The normalized spacial score (nSPS) is 12.9. The lowest BCUT2D eigenvalue weighted by molar-refractivity contribution is 0.442. The van der Waals surface area contributed by atoms with Gasteiger partial charge in [-0.05, 0) is 53.9 Å². The number of hydrogen-bond acceptors (Lipinski definition) is 19. The molecule has 322 valence electrons. The van der Waals surface area contributed by atoms with Gasteiger partial charge in [0.15, 0.2) is 23.0 Å². The molecule has 0 atom stereocenters. The summed E-state index contributed by atoms with van der Waals surface area (Å²) >= 11 is 16.9. The Kier molecular flexibility index (Phi) is 13.3. The summed E-state index contributed by atoms with van der Waals surface area (Å²) in [5, 5.41) is 62.1. The molecule has 0 aromatic heterocycles. The van der Waals surface area contributed by atoms with Gasteiger partial charge in [0.05, 0.1) is 5.39 Å². The van der Waals surface area contributed by atoms with E-state index >= 15 is 0 Å². The number of nitrogens with zero attached hydrogens (tertiary/aromatic N) is 4. The maximum Gasteiger partial charge on any atom is 0.298 e. The third-order valence-corrected chi connectivity index (χ3v) is 12.4. The lowest BCUT2D eigenvalue weighted by Crippen LogP contribution is -2.02. The van der Waals surface area contributed by atoms with E-state index in [1.807, 2.05) is 0 Å². The average molecular weight is 998 g/mol. The monoisotopic (exact) mass is 996 g/mol. The molecule has 0 saturated heterocycles. The predicted octanol–water partition coefficient (Wildman–Crippen LogP) is 6.08. The molecule has 0 aliphatic heterocycles. The number of rotatable bonds is 9. The van der Waals surface area contributed by atoms with Gasteiger partial charge in [-0.3, -0.25) is 22.8 Å². The molecule has 5 aromatic rings. The minimum Gasteiger partial charge on any atom is -0.506 e. The van der Waals surface area contributed by atoms with Gasteiger partial charge in [0.25, 0.3) is 50.6 Å².